The maximum Gasteiger partial charge on any atom is 0.313 e. The maximum atomic E-state index is 12.1. The minimum Gasteiger partial charge on any atom is -0.508 e. The van der Waals surface area contributed by atoms with Crippen molar-refractivity contribution in [1.82, 2.24) is 10.2 Å². The van der Waals surface area contributed by atoms with Crippen LogP contribution >= 0.6 is 0 Å². The van der Waals surface area contributed by atoms with Crippen LogP contribution in [0.2, 0.25) is 0 Å². The van der Waals surface area contributed by atoms with Gasteiger partial charge in [0.25, 0.3) is 0 Å². The lowest BCUT2D eigenvalue weighted by Gasteiger charge is -2.25. The molecule has 0 saturated heterocycles. The van der Waals surface area contributed by atoms with Crippen molar-refractivity contribution >= 4 is 17.5 Å². The van der Waals surface area contributed by atoms with Crippen molar-refractivity contribution in [1.29, 1.82) is 0 Å². The summed E-state index contributed by atoms with van der Waals surface area (Å²) in [6.07, 6.45) is 0. The molecule has 0 heterocycles. The zero-order chi connectivity index (χ0) is 19.1. The summed E-state index contributed by atoms with van der Waals surface area (Å²) in [5.41, 5.74) is 1.34. The fourth-order valence-corrected chi connectivity index (χ4v) is 2.47. The molecule has 1 atom stereocenters. The van der Waals surface area contributed by atoms with Gasteiger partial charge in [-0.15, -0.1) is 0 Å². The number of aromatic hydroxyl groups is 1. The van der Waals surface area contributed by atoms with E-state index in [1.165, 1.54) is 12.1 Å². The van der Waals surface area contributed by atoms with Crippen molar-refractivity contribution < 1.29 is 19.4 Å². The number of rotatable bonds is 6. The summed E-state index contributed by atoms with van der Waals surface area (Å²) in [5.74, 6) is -0.771. The van der Waals surface area contributed by atoms with E-state index in [0.717, 1.165) is 11.3 Å². The van der Waals surface area contributed by atoms with Crippen molar-refractivity contribution in [2.75, 3.05) is 33.1 Å². The fourth-order valence-electron chi connectivity index (χ4n) is 2.47. The van der Waals surface area contributed by atoms with Crippen LogP contribution in [0.5, 0.6) is 11.5 Å². The number of benzene rings is 2. The Kier molecular flexibility index (Phi) is 6.57. The number of hydrogen-bond acceptors (Lipinski definition) is 5. The predicted molar refractivity (Wildman–Crippen MR) is 99.2 cm³/mol. The average molecular weight is 357 g/mol. The van der Waals surface area contributed by atoms with Gasteiger partial charge in [-0.05, 0) is 43.9 Å². The molecule has 2 aromatic carbocycles. The van der Waals surface area contributed by atoms with Crippen LogP contribution in [0, 0.1) is 0 Å². The topological polar surface area (TPSA) is 90.9 Å². The number of methoxy groups -OCH3 is 1. The van der Waals surface area contributed by atoms with Crippen LogP contribution in [0.15, 0.2) is 48.5 Å². The summed E-state index contributed by atoms with van der Waals surface area (Å²) in [6, 6.07) is 13.4. The first kappa shape index (κ1) is 19.3. The normalized spacial score (nSPS) is 11.7. The number of amides is 2. The smallest absolute Gasteiger partial charge is 0.313 e. The Morgan fingerprint density at radius 2 is 1.81 bits per heavy atom. The summed E-state index contributed by atoms with van der Waals surface area (Å²) >= 11 is 0. The Bertz CT molecular complexity index is 760. The molecule has 0 radical (unpaired) electrons. The molecule has 2 rings (SSSR count). The van der Waals surface area contributed by atoms with Gasteiger partial charge in [0.15, 0.2) is 0 Å². The van der Waals surface area contributed by atoms with E-state index in [4.69, 9.17) is 4.74 Å². The molecule has 0 fully saturated rings. The van der Waals surface area contributed by atoms with Crippen LogP contribution in [0.1, 0.15) is 11.6 Å². The number of phenols is 1. The van der Waals surface area contributed by atoms with Crippen molar-refractivity contribution in [3.05, 3.63) is 54.1 Å². The van der Waals surface area contributed by atoms with Gasteiger partial charge in [0.05, 0.1) is 13.2 Å². The summed E-state index contributed by atoms with van der Waals surface area (Å²) in [7, 11) is 5.39. The van der Waals surface area contributed by atoms with Crippen molar-refractivity contribution in [3.8, 4) is 11.5 Å². The molecule has 0 aromatic heterocycles. The molecule has 0 aliphatic heterocycles. The number of anilines is 1. The molecule has 2 aromatic rings. The Morgan fingerprint density at radius 3 is 2.38 bits per heavy atom. The van der Waals surface area contributed by atoms with Crippen molar-refractivity contribution in [2.24, 2.45) is 0 Å². The van der Waals surface area contributed by atoms with E-state index in [9.17, 15) is 14.7 Å². The molecule has 0 spiro atoms. The zero-order valence-electron chi connectivity index (χ0n) is 15.0. The highest BCUT2D eigenvalue weighted by atomic mass is 16.5. The molecule has 7 heteroatoms. The quantitative estimate of drug-likeness (QED) is 0.686. The molecule has 0 bridgehead atoms. The van der Waals surface area contributed by atoms with Crippen LogP contribution in [0.25, 0.3) is 0 Å². The molecule has 2 amide bonds. The van der Waals surface area contributed by atoms with Crippen LogP contribution in [-0.4, -0.2) is 49.6 Å². The molecule has 138 valence electrons. The molecule has 0 unspecified atom stereocenters. The van der Waals surface area contributed by atoms with E-state index in [-0.39, 0.29) is 18.3 Å². The number of carbonyl (C=O) groups excluding carboxylic acids is 2. The van der Waals surface area contributed by atoms with Crippen molar-refractivity contribution in [3.63, 3.8) is 0 Å². The average Bonchev–Trinajstić information content (AvgIpc) is 2.62. The highest BCUT2D eigenvalue weighted by Gasteiger charge is 2.19. The lowest BCUT2D eigenvalue weighted by Crippen LogP contribution is -2.40. The van der Waals surface area contributed by atoms with Crippen LogP contribution in [0.3, 0.4) is 0 Å². The summed E-state index contributed by atoms with van der Waals surface area (Å²) in [5, 5.41) is 14.5. The molecule has 26 heavy (non-hydrogen) atoms. The molecule has 3 N–H and O–H groups in total. The monoisotopic (exact) mass is 357 g/mol. The SMILES string of the molecule is COc1ccc([C@H](CNC(=O)C(=O)Nc2cccc(O)c2)N(C)C)cc1. The second-order valence-corrected chi connectivity index (χ2v) is 5.97. The zero-order valence-corrected chi connectivity index (χ0v) is 15.0. The number of carbonyl (C=O) groups is 2. The number of nitrogens with zero attached hydrogens (tertiary/aromatic N) is 1. The predicted octanol–water partition coefficient (Wildman–Crippen LogP) is 1.76. The van der Waals surface area contributed by atoms with Gasteiger partial charge in [0.1, 0.15) is 11.5 Å². The van der Waals surface area contributed by atoms with Gasteiger partial charge in [0, 0.05) is 18.3 Å². The summed E-state index contributed by atoms with van der Waals surface area (Å²) in [6.45, 7) is 0.269. The van der Waals surface area contributed by atoms with E-state index < -0.39 is 11.8 Å². The number of likely N-dealkylation sites (N-methyl/N-ethyl adjacent to an activating group) is 1. The van der Waals surface area contributed by atoms with Crippen LogP contribution < -0.4 is 15.4 Å². The first-order valence-electron chi connectivity index (χ1n) is 8.09. The van der Waals surface area contributed by atoms with Crippen molar-refractivity contribution in [2.45, 2.75) is 6.04 Å². The van der Waals surface area contributed by atoms with Crippen LogP contribution in [-0.2, 0) is 9.59 Å². The minimum atomic E-state index is -0.789. The fraction of sp³-hybridized carbons (Fsp3) is 0.263. The first-order valence-corrected chi connectivity index (χ1v) is 8.09. The molecular weight excluding hydrogens is 334 g/mol. The highest BCUT2D eigenvalue weighted by Crippen LogP contribution is 2.20. The molecular formula is C19H23N3O4. The number of hydrogen-bond donors (Lipinski definition) is 3. The number of nitrogens with one attached hydrogen (secondary N) is 2. The Hall–Kier alpha value is -3.06. The molecule has 7 nitrogen and oxygen atoms in total. The Labute approximate surface area is 152 Å². The second kappa shape index (κ2) is 8.87. The van der Waals surface area contributed by atoms with E-state index in [2.05, 4.69) is 10.6 Å². The van der Waals surface area contributed by atoms with Gasteiger partial charge in [-0.25, -0.2) is 0 Å². The first-order chi connectivity index (χ1) is 12.4. The Morgan fingerprint density at radius 1 is 1.12 bits per heavy atom. The van der Waals surface area contributed by atoms with E-state index in [1.807, 2.05) is 43.3 Å². The van der Waals surface area contributed by atoms with Gasteiger partial charge < -0.3 is 25.4 Å². The van der Waals surface area contributed by atoms with Gasteiger partial charge in [-0.3, -0.25) is 9.59 Å². The van der Waals surface area contributed by atoms with Gasteiger partial charge in [-0.2, -0.15) is 0 Å². The molecule has 0 saturated carbocycles. The van der Waals surface area contributed by atoms with Gasteiger partial charge >= 0.3 is 11.8 Å². The lowest BCUT2D eigenvalue weighted by atomic mass is 10.1. The largest absolute Gasteiger partial charge is 0.508 e. The summed E-state index contributed by atoms with van der Waals surface area (Å²) in [4.78, 5) is 26.0. The second-order valence-electron chi connectivity index (χ2n) is 5.97. The highest BCUT2D eigenvalue weighted by molar-refractivity contribution is 6.39. The summed E-state index contributed by atoms with van der Waals surface area (Å²) < 4.78 is 5.15. The van der Waals surface area contributed by atoms with E-state index in [0.29, 0.717) is 5.69 Å². The minimum absolute atomic E-state index is 0.00962. The number of phenolic OH excluding ortho intramolecular Hbond substituents is 1. The third-order valence-electron chi connectivity index (χ3n) is 3.89. The van der Waals surface area contributed by atoms with Gasteiger partial charge in [0.2, 0.25) is 0 Å². The van der Waals surface area contributed by atoms with Crippen LogP contribution in [0.4, 0.5) is 5.69 Å². The Balaban J connectivity index is 1.96. The standard InChI is InChI=1S/C19H23N3O4/c1-22(2)17(13-7-9-16(26-3)10-8-13)12-20-18(24)19(25)21-14-5-4-6-15(23)11-14/h4-11,17,23H,12H2,1-3H3,(H,20,24)(H,21,25)/t17-/m0/s1. The maximum absolute atomic E-state index is 12.1. The number of ether oxygens (including phenoxy) is 1. The third-order valence-corrected chi connectivity index (χ3v) is 3.89. The van der Waals surface area contributed by atoms with E-state index >= 15 is 0 Å². The van der Waals surface area contributed by atoms with E-state index in [1.54, 1.807) is 19.2 Å². The molecule has 0 aliphatic rings. The molecule has 0 aliphatic carbocycles. The van der Waals surface area contributed by atoms with Gasteiger partial charge in [-0.1, -0.05) is 18.2 Å². The third kappa shape index (κ3) is 5.22. The lowest BCUT2D eigenvalue weighted by molar-refractivity contribution is -0.136.